The van der Waals surface area contributed by atoms with E-state index >= 15 is 0 Å². The van der Waals surface area contributed by atoms with E-state index in [1.54, 1.807) is 16.8 Å². The predicted octanol–water partition coefficient (Wildman–Crippen LogP) is 3.48. The molecule has 2 aromatic heterocycles. The van der Waals surface area contributed by atoms with Crippen molar-refractivity contribution in [3.63, 3.8) is 0 Å². The number of amides is 1. The number of hydrogen-bond acceptors (Lipinski definition) is 3. The van der Waals surface area contributed by atoms with Crippen molar-refractivity contribution in [3.8, 4) is 11.3 Å². The normalized spacial score (nSPS) is 11.0. The Hall–Kier alpha value is -3.67. The molecule has 0 aliphatic carbocycles. The van der Waals surface area contributed by atoms with Crippen LogP contribution >= 0.6 is 0 Å². The number of pyridine rings is 1. The number of aryl methyl sites for hydroxylation is 3. The SMILES string of the molecule is Cc1ccc(-c2cc(C(=O)NCc3cc4ccccc4[nH]c3=O)nn2C)cc1C. The van der Waals surface area contributed by atoms with Gasteiger partial charge in [-0.05, 0) is 54.6 Å². The van der Waals surface area contributed by atoms with E-state index in [0.29, 0.717) is 11.3 Å². The van der Waals surface area contributed by atoms with Gasteiger partial charge in [-0.1, -0.05) is 30.3 Å². The number of carbonyl (C=O) groups excluding carboxylic acids is 1. The van der Waals surface area contributed by atoms with Crippen molar-refractivity contribution in [2.45, 2.75) is 20.4 Å². The first-order valence-electron chi connectivity index (χ1n) is 9.43. The molecule has 1 amide bonds. The van der Waals surface area contributed by atoms with Crippen molar-refractivity contribution < 1.29 is 4.79 Å². The van der Waals surface area contributed by atoms with Gasteiger partial charge in [0.2, 0.25) is 0 Å². The fourth-order valence-electron chi connectivity index (χ4n) is 3.34. The summed E-state index contributed by atoms with van der Waals surface area (Å²) in [5.41, 5.74) is 5.66. The van der Waals surface area contributed by atoms with Gasteiger partial charge in [0, 0.05) is 30.2 Å². The van der Waals surface area contributed by atoms with Crippen molar-refractivity contribution >= 4 is 16.8 Å². The Kier molecular flexibility index (Phi) is 4.76. The fourth-order valence-corrected chi connectivity index (χ4v) is 3.34. The van der Waals surface area contributed by atoms with Crippen LogP contribution in [0.5, 0.6) is 0 Å². The molecule has 0 aliphatic heterocycles. The number of rotatable bonds is 4. The van der Waals surface area contributed by atoms with Gasteiger partial charge in [-0.25, -0.2) is 0 Å². The van der Waals surface area contributed by atoms with E-state index < -0.39 is 0 Å². The molecular formula is C23H22N4O2. The van der Waals surface area contributed by atoms with Gasteiger partial charge in [-0.3, -0.25) is 14.3 Å². The van der Waals surface area contributed by atoms with Crippen molar-refractivity contribution in [1.29, 1.82) is 0 Å². The highest BCUT2D eigenvalue weighted by Gasteiger charge is 2.15. The summed E-state index contributed by atoms with van der Waals surface area (Å²) in [6, 6.07) is 17.3. The monoisotopic (exact) mass is 386 g/mol. The number of hydrogen-bond donors (Lipinski definition) is 2. The first-order valence-corrected chi connectivity index (χ1v) is 9.43. The third-order valence-corrected chi connectivity index (χ3v) is 5.18. The zero-order valence-corrected chi connectivity index (χ0v) is 16.6. The molecule has 0 saturated carbocycles. The van der Waals surface area contributed by atoms with E-state index in [1.165, 1.54) is 11.1 Å². The van der Waals surface area contributed by atoms with Gasteiger partial charge >= 0.3 is 0 Å². The van der Waals surface area contributed by atoms with Gasteiger partial charge in [0.05, 0.1) is 5.69 Å². The average molecular weight is 386 g/mol. The Balaban J connectivity index is 1.54. The highest BCUT2D eigenvalue weighted by Crippen LogP contribution is 2.22. The molecular weight excluding hydrogens is 364 g/mol. The molecule has 4 aromatic rings. The van der Waals surface area contributed by atoms with Crippen LogP contribution in [-0.4, -0.2) is 20.7 Å². The molecule has 0 atom stereocenters. The number of nitrogens with zero attached hydrogens (tertiary/aromatic N) is 2. The predicted molar refractivity (Wildman–Crippen MR) is 114 cm³/mol. The maximum atomic E-state index is 12.6. The average Bonchev–Trinajstić information content (AvgIpc) is 3.10. The lowest BCUT2D eigenvalue weighted by Gasteiger charge is -2.05. The summed E-state index contributed by atoms with van der Waals surface area (Å²) in [6.45, 7) is 4.26. The number of benzene rings is 2. The van der Waals surface area contributed by atoms with Crippen LogP contribution < -0.4 is 10.9 Å². The maximum absolute atomic E-state index is 12.6. The molecule has 0 radical (unpaired) electrons. The molecule has 2 N–H and O–H groups in total. The first-order chi connectivity index (χ1) is 13.9. The van der Waals surface area contributed by atoms with Crippen LogP contribution in [0.4, 0.5) is 0 Å². The van der Waals surface area contributed by atoms with Crippen LogP contribution in [0.1, 0.15) is 27.2 Å². The van der Waals surface area contributed by atoms with Crippen molar-refractivity contribution in [3.05, 3.63) is 87.3 Å². The topological polar surface area (TPSA) is 79.8 Å². The highest BCUT2D eigenvalue weighted by atomic mass is 16.2. The quantitative estimate of drug-likeness (QED) is 0.564. The standard InChI is InChI=1S/C23H22N4O2/c1-14-8-9-17(10-15(14)2)21-12-20(26-27(21)3)23(29)24-13-18-11-16-6-4-5-7-19(16)25-22(18)28/h4-12H,13H2,1-3H3,(H,24,29)(H,25,28). The smallest absolute Gasteiger partial charge is 0.272 e. The molecule has 0 bridgehead atoms. The summed E-state index contributed by atoms with van der Waals surface area (Å²) in [7, 11) is 1.81. The molecule has 29 heavy (non-hydrogen) atoms. The van der Waals surface area contributed by atoms with Gasteiger partial charge in [0.1, 0.15) is 0 Å². The molecule has 6 heteroatoms. The fraction of sp³-hybridized carbons (Fsp3) is 0.174. The molecule has 0 aliphatic rings. The number of aromatic nitrogens is 3. The largest absolute Gasteiger partial charge is 0.346 e. The van der Waals surface area contributed by atoms with Crippen LogP contribution in [0.15, 0.2) is 59.4 Å². The van der Waals surface area contributed by atoms with Crippen LogP contribution in [0.25, 0.3) is 22.2 Å². The minimum Gasteiger partial charge on any atom is -0.346 e. The molecule has 146 valence electrons. The Morgan fingerprint density at radius 2 is 1.86 bits per heavy atom. The van der Waals surface area contributed by atoms with Gasteiger partial charge in [0.25, 0.3) is 11.5 Å². The second-order valence-corrected chi connectivity index (χ2v) is 7.23. The van der Waals surface area contributed by atoms with E-state index in [0.717, 1.165) is 22.2 Å². The van der Waals surface area contributed by atoms with Crippen LogP contribution in [-0.2, 0) is 13.6 Å². The molecule has 6 nitrogen and oxygen atoms in total. The summed E-state index contributed by atoms with van der Waals surface area (Å²) < 4.78 is 1.70. The second kappa shape index (κ2) is 7.39. The minimum atomic E-state index is -0.316. The van der Waals surface area contributed by atoms with E-state index in [1.807, 2.05) is 37.4 Å². The first kappa shape index (κ1) is 18.7. The summed E-state index contributed by atoms with van der Waals surface area (Å²) in [5, 5.41) is 8.06. The number of nitrogens with one attached hydrogen (secondary N) is 2. The Morgan fingerprint density at radius 1 is 1.07 bits per heavy atom. The van der Waals surface area contributed by atoms with E-state index in [9.17, 15) is 9.59 Å². The Bertz CT molecular complexity index is 1280. The summed E-state index contributed by atoms with van der Waals surface area (Å²) in [4.78, 5) is 27.7. The van der Waals surface area contributed by atoms with Crippen molar-refractivity contribution in [2.24, 2.45) is 7.05 Å². The zero-order valence-electron chi connectivity index (χ0n) is 16.6. The van der Waals surface area contributed by atoms with E-state index in [-0.39, 0.29) is 18.0 Å². The van der Waals surface area contributed by atoms with Gasteiger partial charge in [-0.15, -0.1) is 0 Å². The summed E-state index contributed by atoms with van der Waals surface area (Å²) in [6.07, 6.45) is 0. The van der Waals surface area contributed by atoms with Crippen molar-refractivity contribution in [1.82, 2.24) is 20.1 Å². The number of H-pyrrole nitrogens is 1. The van der Waals surface area contributed by atoms with Gasteiger partial charge in [0.15, 0.2) is 5.69 Å². The van der Waals surface area contributed by atoms with Gasteiger partial charge in [-0.2, -0.15) is 5.10 Å². The summed E-state index contributed by atoms with van der Waals surface area (Å²) in [5.74, 6) is -0.316. The highest BCUT2D eigenvalue weighted by molar-refractivity contribution is 5.93. The number of para-hydroxylation sites is 1. The Morgan fingerprint density at radius 3 is 2.66 bits per heavy atom. The molecule has 4 rings (SSSR count). The lowest BCUT2D eigenvalue weighted by Crippen LogP contribution is -2.27. The molecule has 0 spiro atoms. The molecule has 0 saturated heterocycles. The number of fused-ring (bicyclic) bond motifs is 1. The minimum absolute atomic E-state index is 0.133. The van der Waals surface area contributed by atoms with E-state index in [4.69, 9.17) is 0 Å². The molecule has 2 heterocycles. The molecule has 0 unspecified atom stereocenters. The third kappa shape index (κ3) is 3.69. The maximum Gasteiger partial charge on any atom is 0.272 e. The number of aromatic amines is 1. The lowest BCUT2D eigenvalue weighted by atomic mass is 10.0. The lowest BCUT2D eigenvalue weighted by molar-refractivity contribution is 0.0945. The third-order valence-electron chi connectivity index (χ3n) is 5.18. The zero-order chi connectivity index (χ0) is 20.5. The van der Waals surface area contributed by atoms with E-state index in [2.05, 4.69) is 41.4 Å². The van der Waals surface area contributed by atoms with Crippen LogP contribution in [0.3, 0.4) is 0 Å². The van der Waals surface area contributed by atoms with Crippen LogP contribution in [0, 0.1) is 13.8 Å². The second-order valence-electron chi connectivity index (χ2n) is 7.23. The van der Waals surface area contributed by atoms with Crippen LogP contribution in [0.2, 0.25) is 0 Å². The van der Waals surface area contributed by atoms with Gasteiger partial charge < -0.3 is 10.3 Å². The number of carbonyl (C=O) groups is 1. The summed E-state index contributed by atoms with van der Waals surface area (Å²) >= 11 is 0. The van der Waals surface area contributed by atoms with Crippen molar-refractivity contribution in [2.75, 3.05) is 0 Å². The molecule has 0 fully saturated rings. The Labute approximate surface area is 168 Å². The molecule has 2 aromatic carbocycles.